The summed E-state index contributed by atoms with van der Waals surface area (Å²) in [5, 5.41) is 2.72. The molecular weight excluding hydrogens is 270 g/mol. The number of carbonyl (C=O) groups is 2. The van der Waals surface area contributed by atoms with Gasteiger partial charge in [0.15, 0.2) is 0 Å². The molecular formula is C16H15NO4. The van der Waals surface area contributed by atoms with E-state index in [9.17, 15) is 9.59 Å². The molecule has 2 rings (SSSR count). The minimum absolute atomic E-state index is 0.309. The SMILES string of the molecule is COC(=O)c1ccc(C)c(NC(=O)/C=C/c2ccco2)c1. The van der Waals surface area contributed by atoms with Crippen molar-refractivity contribution in [2.45, 2.75) is 6.92 Å². The average molecular weight is 285 g/mol. The van der Waals surface area contributed by atoms with Gasteiger partial charge in [-0.15, -0.1) is 0 Å². The molecule has 1 heterocycles. The van der Waals surface area contributed by atoms with Gasteiger partial charge in [-0.2, -0.15) is 0 Å². The van der Waals surface area contributed by atoms with Gasteiger partial charge < -0.3 is 14.5 Å². The molecule has 5 nitrogen and oxygen atoms in total. The highest BCUT2D eigenvalue weighted by atomic mass is 16.5. The van der Waals surface area contributed by atoms with Gasteiger partial charge in [0, 0.05) is 11.8 Å². The summed E-state index contributed by atoms with van der Waals surface area (Å²) in [5.41, 5.74) is 1.79. The van der Waals surface area contributed by atoms with Crippen molar-refractivity contribution in [1.29, 1.82) is 0 Å². The first kappa shape index (κ1) is 14.6. The average Bonchev–Trinajstić information content (AvgIpc) is 3.00. The van der Waals surface area contributed by atoms with E-state index >= 15 is 0 Å². The normalized spacial score (nSPS) is 10.6. The van der Waals surface area contributed by atoms with Crippen LogP contribution in [0.3, 0.4) is 0 Å². The number of nitrogens with one attached hydrogen (secondary N) is 1. The monoisotopic (exact) mass is 285 g/mol. The second-order valence-electron chi connectivity index (χ2n) is 4.36. The number of carbonyl (C=O) groups excluding carboxylic acids is 2. The standard InChI is InChI=1S/C16H15NO4/c1-11-5-6-12(16(19)20-2)10-14(11)17-15(18)8-7-13-4-3-9-21-13/h3-10H,1-2H3,(H,17,18)/b8-7+. The lowest BCUT2D eigenvalue weighted by Gasteiger charge is -2.08. The van der Waals surface area contributed by atoms with Crippen molar-refractivity contribution in [3.63, 3.8) is 0 Å². The van der Waals surface area contributed by atoms with Gasteiger partial charge in [-0.1, -0.05) is 6.07 Å². The Bertz CT molecular complexity index is 672. The predicted octanol–water partition coefficient (Wildman–Crippen LogP) is 3.03. The highest BCUT2D eigenvalue weighted by Gasteiger charge is 2.09. The first-order chi connectivity index (χ1) is 10.1. The van der Waals surface area contributed by atoms with E-state index in [2.05, 4.69) is 10.1 Å². The molecule has 0 saturated heterocycles. The molecule has 0 atom stereocenters. The fourth-order valence-corrected chi connectivity index (χ4v) is 1.72. The Morgan fingerprint density at radius 1 is 1.29 bits per heavy atom. The second-order valence-corrected chi connectivity index (χ2v) is 4.36. The zero-order chi connectivity index (χ0) is 15.2. The first-order valence-corrected chi connectivity index (χ1v) is 6.31. The van der Waals surface area contributed by atoms with E-state index in [1.165, 1.54) is 19.4 Å². The number of aryl methyl sites for hydroxylation is 1. The molecule has 0 aliphatic heterocycles. The van der Waals surface area contributed by atoms with E-state index in [0.29, 0.717) is 17.0 Å². The maximum atomic E-state index is 11.9. The zero-order valence-corrected chi connectivity index (χ0v) is 11.8. The lowest BCUT2D eigenvalue weighted by molar-refractivity contribution is -0.111. The summed E-state index contributed by atoms with van der Waals surface area (Å²) in [6, 6.07) is 8.46. The van der Waals surface area contributed by atoms with Crippen molar-refractivity contribution in [2.75, 3.05) is 12.4 Å². The lowest BCUT2D eigenvalue weighted by atomic mass is 10.1. The van der Waals surface area contributed by atoms with Gasteiger partial charge in [0.1, 0.15) is 5.76 Å². The quantitative estimate of drug-likeness (QED) is 0.692. The largest absolute Gasteiger partial charge is 0.465 e. The molecule has 0 bridgehead atoms. The topological polar surface area (TPSA) is 68.5 Å². The minimum atomic E-state index is -0.448. The molecule has 21 heavy (non-hydrogen) atoms. The summed E-state index contributed by atoms with van der Waals surface area (Å²) in [6.07, 6.45) is 4.46. The molecule has 0 saturated carbocycles. The highest BCUT2D eigenvalue weighted by molar-refractivity contribution is 6.03. The highest BCUT2D eigenvalue weighted by Crippen LogP contribution is 2.17. The third kappa shape index (κ3) is 3.82. The second kappa shape index (κ2) is 6.56. The number of rotatable bonds is 4. The number of benzene rings is 1. The van der Waals surface area contributed by atoms with Crippen molar-refractivity contribution in [3.05, 3.63) is 59.6 Å². The van der Waals surface area contributed by atoms with E-state index in [0.717, 1.165) is 5.56 Å². The van der Waals surface area contributed by atoms with Gasteiger partial charge >= 0.3 is 5.97 Å². The number of furan rings is 1. The van der Waals surface area contributed by atoms with Crippen LogP contribution in [0, 0.1) is 6.92 Å². The summed E-state index contributed by atoms with van der Waals surface area (Å²) in [4.78, 5) is 23.3. The molecule has 1 aromatic heterocycles. The van der Waals surface area contributed by atoms with E-state index < -0.39 is 5.97 Å². The first-order valence-electron chi connectivity index (χ1n) is 6.31. The Morgan fingerprint density at radius 3 is 2.76 bits per heavy atom. The molecule has 1 aromatic carbocycles. The Labute approximate surface area is 122 Å². The number of hydrogen-bond donors (Lipinski definition) is 1. The maximum absolute atomic E-state index is 11.9. The molecule has 0 aliphatic rings. The molecule has 1 amide bonds. The smallest absolute Gasteiger partial charge is 0.337 e. The number of anilines is 1. The van der Waals surface area contributed by atoms with Crippen molar-refractivity contribution >= 4 is 23.6 Å². The molecule has 0 fully saturated rings. The zero-order valence-electron chi connectivity index (χ0n) is 11.8. The van der Waals surface area contributed by atoms with Gasteiger partial charge in [0.05, 0.1) is 18.9 Å². The van der Waals surface area contributed by atoms with Crippen molar-refractivity contribution in [3.8, 4) is 0 Å². The number of methoxy groups -OCH3 is 1. The molecule has 0 aliphatic carbocycles. The van der Waals surface area contributed by atoms with Gasteiger partial charge in [-0.05, 0) is 42.8 Å². The molecule has 5 heteroatoms. The molecule has 0 spiro atoms. The summed E-state index contributed by atoms with van der Waals surface area (Å²) < 4.78 is 9.75. The number of amides is 1. The maximum Gasteiger partial charge on any atom is 0.337 e. The van der Waals surface area contributed by atoms with Crippen LogP contribution in [0.5, 0.6) is 0 Å². The summed E-state index contributed by atoms with van der Waals surface area (Å²) in [7, 11) is 1.31. The third-order valence-corrected chi connectivity index (χ3v) is 2.86. The van der Waals surface area contributed by atoms with E-state index in [1.807, 2.05) is 6.92 Å². The van der Waals surface area contributed by atoms with Crippen LogP contribution in [0.1, 0.15) is 21.7 Å². The van der Waals surface area contributed by atoms with Crippen molar-refractivity contribution < 1.29 is 18.7 Å². The van der Waals surface area contributed by atoms with Gasteiger partial charge in [0.2, 0.25) is 5.91 Å². The van der Waals surface area contributed by atoms with E-state index in [1.54, 1.807) is 36.4 Å². The minimum Gasteiger partial charge on any atom is -0.465 e. The van der Waals surface area contributed by atoms with Crippen molar-refractivity contribution in [1.82, 2.24) is 0 Å². The summed E-state index contributed by atoms with van der Waals surface area (Å²) in [5.74, 6) is -0.168. The van der Waals surface area contributed by atoms with Crippen LogP contribution in [-0.2, 0) is 9.53 Å². The van der Waals surface area contributed by atoms with Crippen LogP contribution >= 0.6 is 0 Å². The molecule has 0 radical (unpaired) electrons. The Hall–Kier alpha value is -2.82. The van der Waals surface area contributed by atoms with Crippen LogP contribution in [0.4, 0.5) is 5.69 Å². The fraction of sp³-hybridized carbons (Fsp3) is 0.125. The third-order valence-electron chi connectivity index (χ3n) is 2.86. The Kier molecular flexibility index (Phi) is 4.56. The molecule has 108 valence electrons. The number of hydrogen-bond acceptors (Lipinski definition) is 4. The van der Waals surface area contributed by atoms with Crippen LogP contribution in [0.15, 0.2) is 47.1 Å². The molecule has 0 unspecified atom stereocenters. The number of esters is 1. The van der Waals surface area contributed by atoms with Gasteiger partial charge in [0.25, 0.3) is 0 Å². The Morgan fingerprint density at radius 2 is 2.10 bits per heavy atom. The lowest BCUT2D eigenvalue weighted by Crippen LogP contribution is -2.10. The summed E-state index contributed by atoms with van der Waals surface area (Å²) in [6.45, 7) is 1.84. The van der Waals surface area contributed by atoms with Crippen LogP contribution in [0.25, 0.3) is 6.08 Å². The fourth-order valence-electron chi connectivity index (χ4n) is 1.72. The van der Waals surface area contributed by atoms with Crippen molar-refractivity contribution in [2.24, 2.45) is 0 Å². The summed E-state index contributed by atoms with van der Waals surface area (Å²) >= 11 is 0. The van der Waals surface area contributed by atoms with Gasteiger partial charge in [-0.25, -0.2) is 4.79 Å². The van der Waals surface area contributed by atoms with Gasteiger partial charge in [-0.3, -0.25) is 4.79 Å². The van der Waals surface area contributed by atoms with Crippen LogP contribution in [-0.4, -0.2) is 19.0 Å². The Balaban J connectivity index is 2.11. The predicted molar refractivity (Wildman–Crippen MR) is 78.9 cm³/mol. The molecule has 1 N–H and O–H groups in total. The van der Waals surface area contributed by atoms with E-state index in [-0.39, 0.29) is 5.91 Å². The number of ether oxygens (including phenoxy) is 1. The van der Waals surface area contributed by atoms with E-state index in [4.69, 9.17) is 4.42 Å². The molecule has 2 aromatic rings. The van der Waals surface area contributed by atoms with Crippen LogP contribution < -0.4 is 5.32 Å². The van der Waals surface area contributed by atoms with Crippen LogP contribution in [0.2, 0.25) is 0 Å².